The summed E-state index contributed by atoms with van der Waals surface area (Å²) in [5.41, 5.74) is 6.03. The van der Waals surface area contributed by atoms with Gasteiger partial charge in [-0.3, -0.25) is 4.79 Å². The third kappa shape index (κ3) is 2.93. The van der Waals surface area contributed by atoms with Crippen molar-refractivity contribution in [3.63, 3.8) is 0 Å². The van der Waals surface area contributed by atoms with Gasteiger partial charge in [0.2, 0.25) is 0 Å². The number of carbonyl (C=O) groups is 1. The van der Waals surface area contributed by atoms with Crippen molar-refractivity contribution >= 4 is 21.9 Å². The van der Waals surface area contributed by atoms with Crippen LogP contribution in [0.15, 0.2) is 16.6 Å². The molecule has 6 heteroatoms. The highest BCUT2D eigenvalue weighted by molar-refractivity contribution is 9.10. The van der Waals surface area contributed by atoms with Crippen LogP contribution in [-0.4, -0.2) is 18.2 Å². The molecule has 1 rings (SSSR count). The van der Waals surface area contributed by atoms with Crippen LogP contribution in [0.25, 0.3) is 0 Å². The normalized spacial score (nSPS) is 12.2. The summed E-state index contributed by atoms with van der Waals surface area (Å²) in [6.07, 6.45) is -0.252. The van der Waals surface area contributed by atoms with Crippen molar-refractivity contribution in [3.05, 3.63) is 28.0 Å². The van der Waals surface area contributed by atoms with E-state index in [2.05, 4.69) is 15.9 Å². The van der Waals surface area contributed by atoms with Gasteiger partial charge in [-0.05, 0) is 33.6 Å². The number of aliphatic carboxylic acids is 1. The Labute approximate surface area is 100 Å². The summed E-state index contributed by atoms with van der Waals surface area (Å²) < 4.78 is 18.7. The van der Waals surface area contributed by atoms with E-state index in [4.69, 9.17) is 15.6 Å². The van der Waals surface area contributed by atoms with Crippen LogP contribution in [0.3, 0.4) is 0 Å². The second kappa shape index (κ2) is 5.27. The van der Waals surface area contributed by atoms with Crippen LogP contribution in [0.5, 0.6) is 5.75 Å². The van der Waals surface area contributed by atoms with Crippen molar-refractivity contribution in [3.8, 4) is 5.75 Å². The van der Waals surface area contributed by atoms with E-state index in [0.717, 1.165) is 0 Å². The van der Waals surface area contributed by atoms with Crippen LogP contribution >= 0.6 is 15.9 Å². The lowest BCUT2D eigenvalue weighted by molar-refractivity contribution is -0.137. The number of carboxylic acid groups (broad SMARTS) is 1. The molecule has 0 saturated carbocycles. The molecule has 0 radical (unpaired) electrons. The van der Waals surface area contributed by atoms with Crippen LogP contribution in [0.2, 0.25) is 0 Å². The molecule has 0 heterocycles. The van der Waals surface area contributed by atoms with E-state index in [1.807, 2.05) is 0 Å². The standard InChI is InChI=1S/C10H11BrFNO3/c1-16-10-6(11)2-5(3-7(10)12)8(13)4-9(14)15/h2-3,8H,4,13H2,1H3,(H,14,15). The first kappa shape index (κ1) is 12.9. The first-order valence-corrected chi connectivity index (χ1v) is 5.25. The Bertz CT molecular complexity index is 388. The van der Waals surface area contributed by atoms with Gasteiger partial charge >= 0.3 is 5.97 Å². The number of ether oxygens (including phenoxy) is 1. The molecule has 1 unspecified atom stereocenters. The van der Waals surface area contributed by atoms with Gasteiger partial charge in [-0.2, -0.15) is 0 Å². The number of carboxylic acids is 1. The number of rotatable bonds is 4. The SMILES string of the molecule is COc1c(F)cc(C(N)CC(=O)O)cc1Br. The third-order valence-corrected chi connectivity index (χ3v) is 2.64. The summed E-state index contributed by atoms with van der Waals surface area (Å²) in [7, 11) is 1.35. The number of benzene rings is 1. The van der Waals surface area contributed by atoms with Crippen molar-refractivity contribution in [1.82, 2.24) is 0 Å². The number of nitrogens with two attached hydrogens (primary N) is 1. The number of hydrogen-bond donors (Lipinski definition) is 2. The fourth-order valence-electron chi connectivity index (χ4n) is 1.29. The number of halogens is 2. The molecule has 0 bridgehead atoms. The molecule has 0 aliphatic rings. The van der Waals surface area contributed by atoms with Gasteiger partial charge < -0.3 is 15.6 Å². The van der Waals surface area contributed by atoms with Crippen molar-refractivity contribution < 1.29 is 19.0 Å². The molecule has 4 nitrogen and oxygen atoms in total. The molecule has 88 valence electrons. The molecule has 0 aromatic heterocycles. The molecule has 0 fully saturated rings. The molecule has 1 atom stereocenters. The molecule has 16 heavy (non-hydrogen) atoms. The van der Waals surface area contributed by atoms with Gasteiger partial charge in [-0.25, -0.2) is 4.39 Å². The van der Waals surface area contributed by atoms with Gasteiger partial charge in [0.05, 0.1) is 18.0 Å². The lowest BCUT2D eigenvalue weighted by atomic mass is 10.0. The molecule has 0 spiro atoms. The summed E-state index contributed by atoms with van der Waals surface area (Å²) in [6, 6.07) is 1.99. The number of hydrogen-bond acceptors (Lipinski definition) is 3. The van der Waals surface area contributed by atoms with E-state index in [9.17, 15) is 9.18 Å². The van der Waals surface area contributed by atoms with Crippen LogP contribution in [0.1, 0.15) is 18.0 Å². The quantitative estimate of drug-likeness (QED) is 0.891. The van der Waals surface area contributed by atoms with Crippen molar-refractivity contribution in [2.75, 3.05) is 7.11 Å². The van der Waals surface area contributed by atoms with Gasteiger partial charge in [0, 0.05) is 6.04 Å². The van der Waals surface area contributed by atoms with Gasteiger partial charge in [-0.1, -0.05) is 0 Å². The highest BCUT2D eigenvalue weighted by Crippen LogP contribution is 2.31. The Balaban J connectivity index is 3.03. The predicted octanol–water partition coefficient (Wildman–Crippen LogP) is 2.07. The second-order valence-corrected chi connectivity index (χ2v) is 4.08. The minimum Gasteiger partial charge on any atom is -0.492 e. The Morgan fingerprint density at radius 2 is 2.31 bits per heavy atom. The van der Waals surface area contributed by atoms with E-state index in [1.54, 1.807) is 6.07 Å². The highest BCUT2D eigenvalue weighted by Gasteiger charge is 2.15. The van der Waals surface area contributed by atoms with Crippen molar-refractivity contribution in [2.24, 2.45) is 5.73 Å². The maximum absolute atomic E-state index is 13.5. The Morgan fingerprint density at radius 1 is 1.69 bits per heavy atom. The maximum Gasteiger partial charge on any atom is 0.305 e. The van der Waals surface area contributed by atoms with E-state index < -0.39 is 17.8 Å². The number of methoxy groups -OCH3 is 1. The largest absolute Gasteiger partial charge is 0.492 e. The van der Waals surface area contributed by atoms with Crippen LogP contribution in [0, 0.1) is 5.82 Å². The summed E-state index contributed by atoms with van der Waals surface area (Å²) >= 11 is 3.12. The van der Waals surface area contributed by atoms with Crippen LogP contribution < -0.4 is 10.5 Å². The second-order valence-electron chi connectivity index (χ2n) is 3.22. The molecule has 3 N–H and O–H groups in total. The lowest BCUT2D eigenvalue weighted by Crippen LogP contribution is -2.15. The summed E-state index contributed by atoms with van der Waals surface area (Å²) in [6.45, 7) is 0. The van der Waals surface area contributed by atoms with Crippen LogP contribution in [0.4, 0.5) is 4.39 Å². The van der Waals surface area contributed by atoms with Crippen molar-refractivity contribution in [2.45, 2.75) is 12.5 Å². The third-order valence-electron chi connectivity index (χ3n) is 2.05. The fourth-order valence-corrected chi connectivity index (χ4v) is 1.91. The monoisotopic (exact) mass is 291 g/mol. The Morgan fingerprint density at radius 3 is 2.75 bits per heavy atom. The minimum atomic E-state index is -1.03. The summed E-state index contributed by atoms with van der Waals surface area (Å²) in [4.78, 5) is 10.5. The molecular weight excluding hydrogens is 281 g/mol. The Hall–Kier alpha value is -1.14. The molecule has 0 saturated heterocycles. The summed E-state index contributed by atoms with van der Waals surface area (Å²) in [5.74, 6) is -1.53. The average molecular weight is 292 g/mol. The van der Waals surface area contributed by atoms with Gasteiger partial charge in [0.15, 0.2) is 11.6 Å². The van der Waals surface area contributed by atoms with Gasteiger partial charge in [0.25, 0.3) is 0 Å². The van der Waals surface area contributed by atoms with Gasteiger partial charge in [-0.15, -0.1) is 0 Å². The van der Waals surface area contributed by atoms with E-state index in [1.165, 1.54) is 13.2 Å². The molecule has 0 aliphatic carbocycles. The smallest absolute Gasteiger partial charge is 0.305 e. The molecular formula is C10H11BrFNO3. The van der Waals surface area contributed by atoms with E-state index >= 15 is 0 Å². The zero-order valence-electron chi connectivity index (χ0n) is 8.54. The van der Waals surface area contributed by atoms with Crippen molar-refractivity contribution in [1.29, 1.82) is 0 Å². The zero-order valence-corrected chi connectivity index (χ0v) is 10.1. The van der Waals surface area contributed by atoms with Gasteiger partial charge in [0.1, 0.15) is 0 Å². The highest BCUT2D eigenvalue weighted by atomic mass is 79.9. The molecule has 0 aliphatic heterocycles. The molecule has 1 aromatic rings. The topological polar surface area (TPSA) is 72.5 Å². The first-order chi connectivity index (χ1) is 7.45. The average Bonchev–Trinajstić information content (AvgIpc) is 2.16. The summed E-state index contributed by atoms with van der Waals surface area (Å²) in [5, 5.41) is 8.57. The lowest BCUT2D eigenvalue weighted by Gasteiger charge is -2.12. The molecule has 1 aromatic carbocycles. The minimum absolute atomic E-state index is 0.0753. The fraction of sp³-hybridized carbons (Fsp3) is 0.300. The first-order valence-electron chi connectivity index (χ1n) is 4.46. The van der Waals surface area contributed by atoms with E-state index in [-0.39, 0.29) is 12.2 Å². The Kier molecular flexibility index (Phi) is 4.26. The van der Waals surface area contributed by atoms with Crippen LogP contribution in [-0.2, 0) is 4.79 Å². The zero-order chi connectivity index (χ0) is 12.3. The maximum atomic E-state index is 13.5. The van der Waals surface area contributed by atoms with E-state index in [0.29, 0.717) is 10.0 Å². The predicted molar refractivity (Wildman–Crippen MR) is 59.8 cm³/mol. The molecule has 0 amide bonds.